The van der Waals surface area contributed by atoms with Crippen molar-refractivity contribution in [2.45, 2.75) is 26.7 Å². The highest BCUT2D eigenvalue weighted by Crippen LogP contribution is 2.27. The molecule has 0 radical (unpaired) electrons. The van der Waals surface area contributed by atoms with Gasteiger partial charge in [-0.25, -0.2) is 0 Å². The van der Waals surface area contributed by atoms with Crippen LogP contribution in [0.4, 0.5) is 0 Å². The molecule has 0 saturated carbocycles. The van der Waals surface area contributed by atoms with Crippen molar-refractivity contribution >= 4 is 17.2 Å². The molecule has 2 aromatic rings. The smallest absolute Gasteiger partial charge is 0.137 e. The first kappa shape index (κ1) is 14.5. The van der Waals surface area contributed by atoms with Crippen molar-refractivity contribution in [3.8, 4) is 11.5 Å². The SMILES string of the molecule is Cc1ccc(C(N)=S)c(Oc2ccc(C(C)C)cc2)c1. The van der Waals surface area contributed by atoms with Crippen LogP contribution in [0.2, 0.25) is 0 Å². The summed E-state index contributed by atoms with van der Waals surface area (Å²) in [5, 5.41) is 0. The van der Waals surface area contributed by atoms with Crippen LogP contribution in [-0.4, -0.2) is 4.99 Å². The molecule has 20 heavy (non-hydrogen) atoms. The molecule has 0 aliphatic heterocycles. The minimum atomic E-state index is 0.346. The minimum absolute atomic E-state index is 0.346. The molecule has 0 aliphatic carbocycles. The summed E-state index contributed by atoms with van der Waals surface area (Å²) in [6, 6.07) is 13.9. The number of hydrogen-bond acceptors (Lipinski definition) is 2. The Labute approximate surface area is 125 Å². The van der Waals surface area contributed by atoms with Gasteiger partial charge < -0.3 is 10.5 Å². The number of aryl methyl sites for hydroxylation is 1. The number of thiocarbonyl (C=S) groups is 1. The average Bonchev–Trinajstić information content (AvgIpc) is 2.39. The second kappa shape index (κ2) is 6.06. The van der Waals surface area contributed by atoms with Crippen LogP contribution in [0.3, 0.4) is 0 Å². The zero-order valence-electron chi connectivity index (χ0n) is 12.0. The minimum Gasteiger partial charge on any atom is -0.457 e. The van der Waals surface area contributed by atoms with E-state index in [1.54, 1.807) is 0 Å². The van der Waals surface area contributed by atoms with Crippen molar-refractivity contribution in [1.29, 1.82) is 0 Å². The van der Waals surface area contributed by atoms with Crippen LogP contribution in [0.5, 0.6) is 11.5 Å². The lowest BCUT2D eigenvalue weighted by molar-refractivity contribution is 0.481. The van der Waals surface area contributed by atoms with Crippen LogP contribution >= 0.6 is 12.2 Å². The van der Waals surface area contributed by atoms with E-state index in [1.165, 1.54) is 5.56 Å². The third kappa shape index (κ3) is 3.36. The molecule has 2 N–H and O–H groups in total. The Morgan fingerprint density at radius 1 is 1.10 bits per heavy atom. The molecule has 2 aromatic carbocycles. The van der Waals surface area contributed by atoms with Crippen LogP contribution in [0.1, 0.15) is 36.5 Å². The topological polar surface area (TPSA) is 35.2 Å². The summed E-state index contributed by atoms with van der Waals surface area (Å²) in [5.74, 6) is 2.00. The first-order chi connectivity index (χ1) is 9.47. The van der Waals surface area contributed by atoms with Crippen molar-refractivity contribution in [3.63, 3.8) is 0 Å². The van der Waals surface area contributed by atoms with Gasteiger partial charge in [0, 0.05) is 0 Å². The fourth-order valence-corrected chi connectivity index (χ4v) is 2.13. The van der Waals surface area contributed by atoms with Gasteiger partial charge in [0.2, 0.25) is 0 Å². The lowest BCUT2D eigenvalue weighted by Crippen LogP contribution is -2.10. The van der Waals surface area contributed by atoms with Crippen molar-refractivity contribution in [2.24, 2.45) is 5.73 Å². The largest absolute Gasteiger partial charge is 0.457 e. The highest BCUT2D eigenvalue weighted by molar-refractivity contribution is 7.80. The quantitative estimate of drug-likeness (QED) is 0.837. The Balaban J connectivity index is 2.29. The van der Waals surface area contributed by atoms with E-state index in [4.69, 9.17) is 22.7 Å². The first-order valence-electron chi connectivity index (χ1n) is 6.65. The van der Waals surface area contributed by atoms with Crippen LogP contribution < -0.4 is 10.5 Å². The van der Waals surface area contributed by atoms with Crippen molar-refractivity contribution in [3.05, 3.63) is 59.2 Å². The third-order valence-electron chi connectivity index (χ3n) is 3.18. The molecule has 0 fully saturated rings. The van der Waals surface area contributed by atoms with Gasteiger partial charge in [-0.05, 0) is 48.2 Å². The van der Waals surface area contributed by atoms with Gasteiger partial charge in [-0.15, -0.1) is 0 Å². The highest BCUT2D eigenvalue weighted by Gasteiger charge is 2.08. The van der Waals surface area contributed by atoms with Gasteiger partial charge in [0.25, 0.3) is 0 Å². The molecule has 104 valence electrons. The Morgan fingerprint density at radius 3 is 2.30 bits per heavy atom. The van der Waals surface area contributed by atoms with E-state index < -0.39 is 0 Å². The molecule has 0 amide bonds. The van der Waals surface area contributed by atoms with E-state index in [0.29, 0.717) is 16.7 Å². The van der Waals surface area contributed by atoms with Gasteiger partial charge in [-0.1, -0.05) is 44.3 Å². The Hall–Kier alpha value is -1.87. The van der Waals surface area contributed by atoms with Gasteiger partial charge in [-0.2, -0.15) is 0 Å². The zero-order valence-corrected chi connectivity index (χ0v) is 12.8. The van der Waals surface area contributed by atoms with Crippen LogP contribution in [0, 0.1) is 6.92 Å². The summed E-state index contributed by atoms with van der Waals surface area (Å²) in [6.45, 7) is 6.35. The molecule has 0 unspecified atom stereocenters. The summed E-state index contributed by atoms with van der Waals surface area (Å²) in [5.41, 5.74) is 8.89. The maximum absolute atomic E-state index is 5.92. The fourth-order valence-electron chi connectivity index (χ4n) is 1.97. The number of nitrogens with two attached hydrogens (primary N) is 1. The average molecular weight is 285 g/mol. The van der Waals surface area contributed by atoms with E-state index in [1.807, 2.05) is 37.3 Å². The lowest BCUT2D eigenvalue weighted by atomic mass is 10.0. The third-order valence-corrected chi connectivity index (χ3v) is 3.40. The van der Waals surface area contributed by atoms with Crippen molar-refractivity contribution in [2.75, 3.05) is 0 Å². The molecule has 3 heteroatoms. The van der Waals surface area contributed by atoms with Crippen LogP contribution in [0.25, 0.3) is 0 Å². The second-order valence-electron chi connectivity index (χ2n) is 5.19. The number of rotatable bonds is 4. The summed E-state index contributed by atoms with van der Waals surface area (Å²) < 4.78 is 5.92. The predicted molar refractivity (Wildman–Crippen MR) is 87.7 cm³/mol. The number of hydrogen-bond donors (Lipinski definition) is 1. The molecule has 2 nitrogen and oxygen atoms in total. The molecule has 0 saturated heterocycles. The second-order valence-corrected chi connectivity index (χ2v) is 5.63. The molecule has 0 aliphatic rings. The van der Waals surface area contributed by atoms with Crippen LogP contribution in [-0.2, 0) is 0 Å². The van der Waals surface area contributed by atoms with Gasteiger partial charge in [0.05, 0.1) is 5.56 Å². The molecule has 0 heterocycles. The molecule has 0 atom stereocenters. The highest BCUT2D eigenvalue weighted by atomic mass is 32.1. The van der Waals surface area contributed by atoms with Crippen molar-refractivity contribution in [1.82, 2.24) is 0 Å². The van der Waals surface area contributed by atoms with Gasteiger partial charge in [0.1, 0.15) is 16.5 Å². The fraction of sp³-hybridized carbons (Fsp3) is 0.235. The summed E-state index contributed by atoms with van der Waals surface area (Å²) in [4.78, 5) is 0.346. The van der Waals surface area contributed by atoms with Gasteiger partial charge in [-0.3, -0.25) is 0 Å². The molecule has 0 bridgehead atoms. The van der Waals surface area contributed by atoms with E-state index in [2.05, 4.69) is 26.0 Å². The van der Waals surface area contributed by atoms with E-state index in [0.717, 1.165) is 16.9 Å². The normalized spacial score (nSPS) is 10.6. The number of ether oxygens (including phenoxy) is 1. The summed E-state index contributed by atoms with van der Waals surface area (Å²) in [6.07, 6.45) is 0. The number of benzene rings is 2. The predicted octanol–water partition coefficient (Wildman–Crippen LogP) is 4.54. The Bertz CT molecular complexity index is 617. The monoisotopic (exact) mass is 285 g/mol. The first-order valence-corrected chi connectivity index (χ1v) is 7.06. The zero-order chi connectivity index (χ0) is 14.7. The maximum atomic E-state index is 5.92. The van der Waals surface area contributed by atoms with Gasteiger partial charge >= 0.3 is 0 Å². The standard InChI is InChI=1S/C17H19NOS/c1-11(2)13-5-7-14(8-6-13)19-16-10-12(3)4-9-15(16)17(18)20/h4-11H,1-3H3,(H2,18,20). The molecule has 2 rings (SSSR count). The molecular weight excluding hydrogens is 266 g/mol. The molecule has 0 spiro atoms. The lowest BCUT2D eigenvalue weighted by Gasteiger charge is -2.12. The van der Waals surface area contributed by atoms with Crippen LogP contribution in [0.15, 0.2) is 42.5 Å². The summed E-state index contributed by atoms with van der Waals surface area (Å²) in [7, 11) is 0. The van der Waals surface area contributed by atoms with Crippen molar-refractivity contribution < 1.29 is 4.74 Å². The molecule has 0 aromatic heterocycles. The molecular formula is C17H19NOS. The Kier molecular flexibility index (Phi) is 4.40. The van der Waals surface area contributed by atoms with E-state index >= 15 is 0 Å². The van der Waals surface area contributed by atoms with E-state index in [-0.39, 0.29) is 0 Å². The van der Waals surface area contributed by atoms with E-state index in [9.17, 15) is 0 Å². The maximum Gasteiger partial charge on any atom is 0.137 e. The van der Waals surface area contributed by atoms with Gasteiger partial charge in [0.15, 0.2) is 0 Å². The summed E-state index contributed by atoms with van der Waals surface area (Å²) >= 11 is 5.06. The Morgan fingerprint density at radius 2 is 1.75 bits per heavy atom.